The summed E-state index contributed by atoms with van der Waals surface area (Å²) >= 11 is 6.04. The molecule has 2 fully saturated rings. The number of aliphatic carboxylic acids is 1. The highest BCUT2D eigenvalue weighted by Gasteiger charge is 2.34. The number of rotatable bonds is 6. The second kappa shape index (κ2) is 7.43. The predicted octanol–water partition coefficient (Wildman–Crippen LogP) is 3.96. The molecule has 2 atom stereocenters. The molecule has 0 spiro atoms. The highest BCUT2D eigenvalue weighted by molar-refractivity contribution is 6.31. The van der Waals surface area contributed by atoms with Crippen LogP contribution >= 0.6 is 11.6 Å². The van der Waals surface area contributed by atoms with Gasteiger partial charge in [0.05, 0.1) is 18.2 Å². The maximum Gasteiger partial charge on any atom is 0.306 e. The Morgan fingerprint density at radius 3 is 2.58 bits per heavy atom. The van der Waals surface area contributed by atoms with Crippen LogP contribution in [0.2, 0.25) is 5.02 Å². The molecule has 0 aromatic heterocycles. The van der Waals surface area contributed by atoms with Crippen LogP contribution in [0.25, 0.3) is 0 Å². The lowest BCUT2D eigenvalue weighted by Gasteiger charge is -2.25. The molecule has 0 heterocycles. The van der Waals surface area contributed by atoms with E-state index in [-0.39, 0.29) is 11.8 Å². The normalized spacial score (nSPS) is 23.5. The highest BCUT2D eigenvalue weighted by atomic mass is 35.5. The number of hydrogen-bond acceptors (Lipinski definition) is 3. The van der Waals surface area contributed by atoms with Gasteiger partial charge in [-0.25, -0.2) is 0 Å². The second-order valence-corrected chi connectivity index (χ2v) is 7.22. The summed E-state index contributed by atoms with van der Waals surface area (Å²) in [6, 6.07) is 5.19. The molecule has 6 heteroatoms. The van der Waals surface area contributed by atoms with E-state index in [9.17, 15) is 9.59 Å². The number of benzene rings is 1. The van der Waals surface area contributed by atoms with Crippen LogP contribution in [0.1, 0.15) is 38.5 Å². The molecule has 0 saturated heterocycles. The zero-order valence-electron chi connectivity index (χ0n) is 13.5. The fraction of sp³-hybridized carbons (Fsp3) is 0.556. The molecule has 2 aliphatic rings. The molecule has 0 bridgehead atoms. The minimum atomic E-state index is -0.822. The van der Waals surface area contributed by atoms with Crippen LogP contribution in [0.4, 0.5) is 5.69 Å². The smallest absolute Gasteiger partial charge is 0.306 e. The Kier molecular flexibility index (Phi) is 5.29. The highest BCUT2D eigenvalue weighted by Crippen LogP contribution is 2.35. The molecular formula is C18H22ClNO4. The van der Waals surface area contributed by atoms with E-state index in [0.717, 1.165) is 0 Å². The lowest BCUT2D eigenvalue weighted by Crippen LogP contribution is -2.23. The summed E-state index contributed by atoms with van der Waals surface area (Å²) in [5, 5.41) is 12.5. The number of ether oxygens (including phenoxy) is 1. The van der Waals surface area contributed by atoms with Gasteiger partial charge in [0.15, 0.2) is 0 Å². The first-order chi connectivity index (χ1) is 11.5. The Morgan fingerprint density at radius 1 is 1.21 bits per heavy atom. The minimum absolute atomic E-state index is 0.158. The number of nitrogens with one attached hydrogen (secondary N) is 1. The molecule has 0 radical (unpaired) electrons. The Bertz CT molecular complexity index is 629. The minimum Gasteiger partial charge on any atom is -0.491 e. The molecular weight excluding hydrogens is 330 g/mol. The van der Waals surface area contributed by atoms with E-state index in [0.29, 0.717) is 48.2 Å². The molecule has 24 heavy (non-hydrogen) atoms. The van der Waals surface area contributed by atoms with E-state index in [4.69, 9.17) is 21.4 Å². The Labute approximate surface area is 146 Å². The average molecular weight is 352 g/mol. The van der Waals surface area contributed by atoms with Crippen molar-refractivity contribution in [3.63, 3.8) is 0 Å². The maximum atomic E-state index is 12.4. The van der Waals surface area contributed by atoms with Crippen LogP contribution in [-0.4, -0.2) is 23.6 Å². The summed E-state index contributed by atoms with van der Waals surface area (Å²) < 4.78 is 5.85. The fourth-order valence-corrected chi connectivity index (χ4v) is 3.44. The van der Waals surface area contributed by atoms with E-state index in [1.807, 2.05) is 0 Å². The van der Waals surface area contributed by atoms with E-state index >= 15 is 0 Å². The third kappa shape index (κ3) is 4.01. The van der Waals surface area contributed by atoms with Gasteiger partial charge in [-0.2, -0.15) is 0 Å². The Hall–Kier alpha value is -1.75. The lowest BCUT2D eigenvalue weighted by atomic mass is 9.86. The number of anilines is 1. The van der Waals surface area contributed by atoms with Crippen molar-refractivity contribution in [2.24, 2.45) is 17.8 Å². The SMILES string of the molecule is O=C(O)[C@@H]1CC[C@H](C(=O)Nc2cc(Cl)ccc2OCC2CCC2)C1. The summed E-state index contributed by atoms with van der Waals surface area (Å²) in [5.41, 5.74) is 0.561. The summed E-state index contributed by atoms with van der Waals surface area (Å²) in [7, 11) is 0. The Morgan fingerprint density at radius 2 is 1.96 bits per heavy atom. The van der Waals surface area contributed by atoms with Crippen LogP contribution in [0.3, 0.4) is 0 Å². The van der Waals surface area contributed by atoms with Gasteiger partial charge in [-0.05, 0) is 56.2 Å². The van der Waals surface area contributed by atoms with Crippen LogP contribution < -0.4 is 10.1 Å². The van der Waals surface area contributed by atoms with Gasteiger partial charge in [-0.1, -0.05) is 18.0 Å². The van der Waals surface area contributed by atoms with Gasteiger partial charge < -0.3 is 15.2 Å². The molecule has 1 amide bonds. The number of carbonyl (C=O) groups is 2. The number of amides is 1. The molecule has 130 valence electrons. The van der Waals surface area contributed by atoms with Crippen molar-refractivity contribution in [3.05, 3.63) is 23.2 Å². The van der Waals surface area contributed by atoms with Crippen molar-refractivity contribution < 1.29 is 19.4 Å². The average Bonchev–Trinajstić information content (AvgIpc) is 2.98. The zero-order chi connectivity index (χ0) is 17.1. The number of carboxylic acids is 1. The summed E-state index contributed by atoms with van der Waals surface area (Å²) in [6.45, 7) is 0.648. The predicted molar refractivity (Wildman–Crippen MR) is 91.4 cm³/mol. The topological polar surface area (TPSA) is 75.6 Å². The zero-order valence-corrected chi connectivity index (χ0v) is 14.2. The quantitative estimate of drug-likeness (QED) is 0.813. The van der Waals surface area contributed by atoms with Gasteiger partial charge >= 0.3 is 5.97 Å². The van der Waals surface area contributed by atoms with Crippen molar-refractivity contribution in [2.45, 2.75) is 38.5 Å². The van der Waals surface area contributed by atoms with Crippen LogP contribution in [0.5, 0.6) is 5.75 Å². The van der Waals surface area contributed by atoms with Gasteiger partial charge in [0.25, 0.3) is 0 Å². The summed E-state index contributed by atoms with van der Waals surface area (Å²) in [5.74, 6) is -0.464. The molecule has 2 aliphatic carbocycles. The first-order valence-electron chi connectivity index (χ1n) is 8.49. The molecule has 1 aromatic carbocycles. The third-order valence-corrected chi connectivity index (χ3v) is 5.29. The van der Waals surface area contributed by atoms with Gasteiger partial charge in [-0.3, -0.25) is 9.59 Å². The van der Waals surface area contributed by atoms with E-state index in [1.165, 1.54) is 19.3 Å². The van der Waals surface area contributed by atoms with Crippen molar-refractivity contribution in [2.75, 3.05) is 11.9 Å². The van der Waals surface area contributed by atoms with Gasteiger partial charge in [-0.15, -0.1) is 0 Å². The molecule has 3 rings (SSSR count). The van der Waals surface area contributed by atoms with Crippen molar-refractivity contribution in [1.29, 1.82) is 0 Å². The third-order valence-electron chi connectivity index (χ3n) is 5.05. The molecule has 0 unspecified atom stereocenters. The number of carbonyl (C=O) groups excluding carboxylic acids is 1. The first-order valence-corrected chi connectivity index (χ1v) is 8.86. The second-order valence-electron chi connectivity index (χ2n) is 6.78. The van der Waals surface area contributed by atoms with Crippen LogP contribution in [-0.2, 0) is 9.59 Å². The molecule has 0 aliphatic heterocycles. The van der Waals surface area contributed by atoms with Crippen LogP contribution in [0.15, 0.2) is 18.2 Å². The Balaban J connectivity index is 1.63. The molecule has 1 aromatic rings. The van der Waals surface area contributed by atoms with Crippen molar-refractivity contribution in [3.8, 4) is 5.75 Å². The van der Waals surface area contributed by atoms with Gasteiger partial charge in [0, 0.05) is 10.9 Å². The van der Waals surface area contributed by atoms with Gasteiger partial charge in [0.2, 0.25) is 5.91 Å². The largest absolute Gasteiger partial charge is 0.491 e. The van der Waals surface area contributed by atoms with Crippen molar-refractivity contribution >= 4 is 29.2 Å². The first kappa shape index (κ1) is 17.1. The van der Waals surface area contributed by atoms with E-state index in [2.05, 4.69) is 5.32 Å². The monoisotopic (exact) mass is 351 g/mol. The maximum absolute atomic E-state index is 12.4. The number of hydrogen-bond donors (Lipinski definition) is 2. The number of halogens is 1. The fourth-order valence-electron chi connectivity index (χ4n) is 3.27. The van der Waals surface area contributed by atoms with E-state index < -0.39 is 11.9 Å². The molecule has 5 nitrogen and oxygen atoms in total. The van der Waals surface area contributed by atoms with Crippen molar-refractivity contribution in [1.82, 2.24) is 0 Å². The lowest BCUT2D eigenvalue weighted by molar-refractivity contribution is -0.141. The summed E-state index contributed by atoms with van der Waals surface area (Å²) in [4.78, 5) is 23.5. The van der Waals surface area contributed by atoms with E-state index in [1.54, 1.807) is 18.2 Å². The van der Waals surface area contributed by atoms with Gasteiger partial charge in [0.1, 0.15) is 5.75 Å². The molecule has 2 N–H and O–H groups in total. The number of carboxylic acid groups (broad SMARTS) is 1. The van der Waals surface area contributed by atoms with Crippen LogP contribution in [0, 0.1) is 17.8 Å². The molecule has 2 saturated carbocycles. The standard InChI is InChI=1S/C18H22ClNO4/c19-14-6-7-16(24-10-11-2-1-3-11)15(9-14)20-17(21)12-4-5-13(8-12)18(22)23/h6-7,9,11-13H,1-5,8,10H2,(H,20,21)(H,22,23)/t12-,13+/m0/s1. The summed E-state index contributed by atoms with van der Waals surface area (Å²) in [6.07, 6.45) is 5.17.